The second kappa shape index (κ2) is 5.93. The van der Waals surface area contributed by atoms with Gasteiger partial charge in [0.2, 0.25) is 5.13 Å². The predicted octanol–water partition coefficient (Wildman–Crippen LogP) is 3.83. The number of rotatable bonds is 4. The average molecular weight is 297 g/mol. The molecule has 0 bridgehead atoms. The van der Waals surface area contributed by atoms with Crippen molar-refractivity contribution in [1.29, 1.82) is 0 Å². The van der Waals surface area contributed by atoms with Gasteiger partial charge >= 0.3 is 0 Å². The summed E-state index contributed by atoms with van der Waals surface area (Å²) in [7, 11) is 0. The van der Waals surface area contributed by atoms with Crippen molar-refractivity contribution in [2.75, 3.05) is 5.32 Å². The van der Waals surface area contributed by atoms with E-state index in [0.717, 1.165) is 21.3 Å². The van der Waals surface area contributed by atoms with E-state index in [0.29, 0.717) is 6.54 Å². The van der Waals surface area contributed by atoms with E-state index >= 15 is 0 Å². The van der Waals surface area contributed by atoms with Crippen LogP contribution in [0.4, 0.5) is 5.13 Å². The number of nitrogens with zero attached hydrogens (tertiary/aromatic N) is 2. The number of aromatic nitrogens is 2. The van der Waals surface area contributed by atoms with Gasteiger partial charge in [-0.2, -0.15) is 0 Å². The number of hydrogen-bond donors (Lipinski definition) is 2. The smallest absolute Gasteiger partial charge is 0.206 e. The highest BCUT2D eigenvalue weighted by Gasteiger charge is 2.07. The van der Waals surface area contributed by atoms with E-state index in [9.17, 15) is 5.11 Å². The van der Waals surface area contributed by atoms with E-state index in [1.807, 2.05) is 24.3 Å². The summed E-state index contributed by atoms with van der Waals surface area (Å²) in [5.74, 6) is 0.286. The van der Waals surface area contributed by atoms with Crippen molar-refractivity contribution in [2.24, 2.45) is 0 Å². The van der Waals surface area contributed by atoms with Gasteiger partial charge in [-0.25, -0.2) is 0 Å². The summed E-state index contributed by atoms with van der Waals surface area (Å²) in [6.07, 6.45) is 0. The Hall–Kier alpha value is -2.40. The highest BCUT2D eigenvalue weighted by atomic mass is 32.1. The molecule has 0 amide bonds. The second-order valence-corrected chi connectivity index (χ2v) is 5.74. The molecular weight excluding hydrogens is 282 g/mol. The number of nitrogens with one attached hydrogen (secondary N) is 1. The molecule has 0 saturated heterocycles. The molecule has 0 saturated carbocycles. The van der Waals surface area contributed by atoms with Crippen molar-refractivity contribution in [1.82, 2.24) is 10.2 Å². The van der Waals surface area contributed by atoms with Crippen LogP contribution in [-0.4, -0.2) is 15.3 Å². The van der Waals surface area contributed by atoms with Crippen molar-refractivity contribution in [2.45, 2.75) is 13.5 Å². The van der Waals surface area contributed by atoms with Gasteiger partial charge < -0.3 is 10.4 Å². The van der Waals surface area contributed by atoms with Crippen LogP contribution in [0.15, 0.2) is 48.5 Å². The number of benzene rings is 2. The quantitative estimate of drug-likeness (QED) is 0.768. The Labute approximate surface area is 127 Å². The molecule has 1 heterocycles. The van der Waals surface area contributed by atoms with Crippen LogP contribution in [0.25, 0.3) is 10.6 Å². The number of aryl methyl sites for hydroxylation is 1. The van der Waals surface area contributed by atoms with E-state index in [4.69, 9.17) is 0 Å². The molecule has 1 aromatic heterocycles. The lowest BCUT2D eigenvalue weighted by molar-refractivity contribution is 0.469. The summed E-state index contributed by atoms with van der Waals surface area (Å²) in [4.78, 5) is 0. The number of para-hydroxylation sites is 1. The van der Waals surface area contributed by atoms with Crippen LogP contribution in [0.3, 0.4) is 0 Å². The fourth-order valence-electron chi connectivity index (χ4n) is 2.02. The molecule has 0 aliphatic rings. The molecule has 0 spiro atoms. The Kier molecular flexibility index (Phi) is 3.83. The lowest BCUT2D eigenvalue weighted by Crippen LogP contribution is -1.98. The number of aromatic hydroxyl groups is 1. The van der Waals surface area contributed by atoms with E-state index in [1.54, 1.807) is 12.1 Å². The molecule has 0 atom stereocenters. The average Bonchev–Trinajstić information content (AvgIpc) is 2.95. The first-order valence-corrected chi connectivity index (χ1v) is 7.45. The molecule has 0 radical (unpaired) electrons. The summed E-state index contributed by atoms with van der Waals surface area (Å²) in [5.41, 5.74) is 3.11. The summed E-state index contributed by atoms with van der Waals surface area (Å²) in [6, 6.07) is 15.4. The van der Waals surface area contributed by atoms with Crippen molar-refractivity contribution >= 4 is 16.5 Å². The molecule has 106 valence electrons. The highest BCUT2D eigenvalue weighted by Crippen LogP contribution is 2.27. The van der Waals surface area contributed by atoms with Gasteiger partial charge in [-0.05, 0) is 19.1 Å². The molecular formula is C16H15N3OS. The second-order valence-electron chi connectivity index (χ2n) is 4.76. The predicted molar refractivity (Wildman–Crippen MR) is 85.5 cm³/mol. The number of anilines is 1. The van der Waals surface area contributed by atoms with Gasteiger partial charge in [0.05, 0.1) is 0 Å². The summed E-state index contributed by atoms with van der Waals surface area (Å²) >= 11 is 1.50. The van der Waals surface area contributed by atoms with Crippen molar-refractivity contribution in [3.05, 3.63) is 59.7 Å². The first kappa shape index (κ1) is 13.6. The minimum absolute atomic E-state index is 0.286. The molecule has 21 heavy (non-hydrogen) atoms. The Morgan fingerprint density at radius 3 is 2.76 bits per heavy atom. The lowest BCUT2D eigenvalue weighted by atomic mass is 10.1. The van der Waals surface area contributed by atoms with Crippen molar-refractivity contribution in [3.8, 4) is 16.3 Å². The van der Waals surface area contributed by atoms with Crippen LogP contribution < -0.4 is 5.32 Å². The lowest BCUT2D eigenvalue weighted by Gasteiger charge is -2.04. The fraction of sp³-hybridized carbons (Fsp3) is 0.125. The third kappa shape index (κ3) is 3.20. The Balaban J connectivity index is 1.72. The van der Waals surface area contributed by atoms with Crippen LogP contribution in [0.2, 0.25) is 0 Å². The molecule has 4 nitrogen and oxygen atoms in total. The van der Waals surface area contributed by atoms with E-state index < -0.39 is 0 Å². The fourth-order valence-corrected chi connectivity index (χ4v) is 2.76. The van der Waals surface area contributed by atoms with Gasteiger partial charge in [-0.1, -0.05) is 53.3 Å². The first-order valence-electron chi connectivity index (χ1n) is 6.63. The van der Waals surface area contributed by atoms with Crippen LogP contribution in [0.1, 0.15) is 11.1 Å². The van der Waals surface area contributed by atoms with Crippen LogP contribution in [-0.2, 0) is 6.54 Å². The molecule has 0 fully saturated rings. The molecule has 2 N–H and O–H groups in total. The molecule has 0 aliphatic carbocycles. The maximum Gasteiger partial charge on any atom is 0.206 e. The number of phenols is 1. The van der Waals surface area contributed by atoms with Gasteiger partial charge in [0.25, 0.3) is 0 Å². The molecule has 3 aromatic rings. The van der Waals surface area contributed by atoms with Gasteiger partial charge in [-0.3, -0.25) is 0 Å². The zero-order valence-corrected chi connectivity index (χ0v) is 12.4. The number of hydrogen-bond acceptors (Lipinski definition) is 5. The van der Waals surface area contributed by atoms with E-state index in [2.05, 4.69) is 34.6 Å². The third-order valence-corrected chi connectivity index (χ3v) is 4.04. The standard InChI is InChI=1S/C16H15N3OS/c1-11-5-4-7-12(9-11)15-18-19-16(21-15)17-10-13-6-2-3-8-14(13)20/h2-9,20H,10H2,1H3,(H,17,19). The molecule has 2 aromatic carbocycles. The van der Waals surface area contributed by atoms with Crippen molar-refractivity contribution < 1.29 is 5.11 Å². The van der Waals surface area contributed by atoms with Crippen molar-refractivity contribution in [3.63, 3.8) is 0 Å². The molecule has 0 unspecified atom stereocenters. The summed E-state index contributed by atoms with van der Waals surface area (Å²) in [5, 5.41) is 22.9. The Morgan fingerprint density at radius 2 is 1.95 bits per heavy atom. The van der Waals surface area contributed by atoms with Gasteiger partial charge in [-0.15, -0.1) is 10.2 Å². The number of phenolic OH excluding ortho intramolecular Hbond substituents is 1. The zero-order valence-electron chi connectivity index (χ0n) is 11.6. The molecule has 3 rings (SSSR count). The minimum atomic E-state index is 0.286. The normalized spacial score (nSPS) is 10.5. The highest BCUT2D eigenvalue weighted by molar-refractivity contribution is 7.18. The summed E-state index contributed by atoms with van der Waals surface area (Å²) < 4.78 is 0. The molecule has 0 aliphatic heterocycles. The first-order chi connectivity index (χ1) is 10.2. The van der Waals surface area contributed by atoms with Crippen LogP contribution >= 0.6 is 11.3 Å². The van der Waals surface area contributed by atoms with E-state index in [1.165, 1.54) is 16.9 Å². The largest absolute Gasteiger partial charge is 0.508 e. The Bertz CT molecular complexity index is 755. The monoisotopic (exact) mass is 297 g/mol. The van der Waals surface area contributed by atoms with Gasteiger partial charge in [0.15, 0.2) is 0 Å². The van der Waals surface area contributed by atoms with Gasteiger partial charge in [0.1, 0.15) is 10.8 Å². The van der Waals surface area contributed by atoms with Crippen LogP contribution in [0, 0.1) is 6.92 Å². The minimum Gasteiger partial charge on any atom is -0.508 e. The zero-order chi connectivity index (χ0) is 14.7. The van der Waals surface area contributed by atoms with E-state index in [-0.39, 0.29) is 5.75 Å². The SMILES string of the molecule is Cc1cccc(-c2nnc(NCc3ccccc3O)s2)c1. The Morgan fingerprint density at radius 1 is 1.10 bits per heavy atom. The van der Waals surface area contributed by atoms with Gasteiger partial charge in [0, 0.05) is 17.7 Å². The maximum atomic E-state index is 9.73. The van der Waals surface area contributed by atoms with Crippen LogP contribution in [0.5, 0.6) is 5.75 Å². The maximum absolute atomic E-state index is 9.73. The topological polar surface area (TPSA) is 58.0 Å². The molecule has 5 heteroatoms. The summed E-state index contributed by atoms with van der Waals surface area (Å²) in [6.45, 7) is 2.58. The third-order valence-electron chi connectivity index (χ3n) is 3.11.